The van der Waals surface area contributed by atoms with Crippen LogP contribution in [-0.4, -0.2) is 0 Å². The Bertz CT molecular complexity index is 531. The number of halogens is 1. The minimum atomic E-state index is 0.0328. The van der Waals surface area contributed by atoms with E-state index in [0.717, 1.165) is 11.4 Å². The summed E-state index contributed by atoms with van der Waals surface area (Å²) in [5.41, 5.74) is 11.2. The van der Waals surface area contributed by atoms with Crippen LogP contribution in [0.25, 0.3) is 0 Å². The van der Waals surface area contributed by atoms with E-state index >= 15 is 0 Å². The Morgan fingerprint density at radius 3 is 2.28 bits per heavy atom. The van der Waals surface area contributed by atoms with Crippen LogP contribution in [0.2, 0.25) is 5.02 Å². The minimum Gasteiger partial charge on any atom is -0.324 e. The number of nitrogens with two attached hydrogens (primary N) is 1. The van der Waals surface area contributed by atoms with Gasteiger partial charge < -0.3 is 5.73 Å². The standard InChI is InChI=1S/C16H18ClN/c1-11-3-6-14(9-12(11)2)16(18)10-13-4-7-15(17)8-5-13/h3-9,16H,10,18H2,1-2H3. The van der Waals surface area contributed by atoms with E-state index in [1.807, 2.05) is 24.3 Å². The van der Waals surface area contributed by atoms with E-state index in [1.54, 1.807) is 0 Å². The Balaban J connectivity index is 2.13. The second-order valence-corrected chi connectivity index (χ2v) is 5.22. The van der Waals surface area contributed by atoms with Gasteiger partial charge in [-0.1, -0.05) is 41.9 Å². The molecule has 0 heterocycles. The average molecular weight is 260 g/mol. The zero-order chi connectivity index (χ0) is 13.1. The van der Waals surface area contributed by atoms with Gasteiger partial charge in [0.2, 0.25) is 0 Å². The molecule has 2 N–H and O–H groups in total. The highest BCUT2D eigenvalue weighted by molar-refractivity contribution is 6.30. The summed E-state index contributed by atoms with van der Waals surface area (Å²) in [5, 5.41) is 0.763. The molecule has 2 aromatic carbocycles. The Kier molecular flexibility index (Phi) is 4.05. The second kappa shape index (κ2) is 5.55. The summed E-state index contributed by atoms with van der Waals surface area (Å²) < 4.78 is 0. The number of hydrogen-bond acceptors (Lipinski definition) is 1. The van der Waals surface area contributed by atoms with Crippen molar-refractivity contribution in [3.63, 3.8) is 0 Å². The van der Waals surface area contributed by atoms with E-state index < -0.39 is 0 Å². The maximum Gasteiger partial charge on any atom is 0.0406 e. The third-order valence-electron chi connectivity index (χ3n) is 3.33. The van der Waals surface area contributed by atoms with Gasteiger partial charge in [0.25, 0.3) is 0 Å². The van der Waals surface area contributed by atoms with Gasteiger partial charge in [-0.2, -0.15) is 0 Å². The van der Waals surface area contributed by atoms with E-state index in [-0.39, 0.29) is 6.04 Å². The molecule has 0 aliphatic carbocycles. The van der Waals surface area contributed by atoms with Gasteiger partial charge >= 0.3 is 0 Å². The number of hydrogen-bond donors (Lipinski definition) is 1. The van der Waals surface area contributed by atoms with Crippen LogP contribution in [0.15, 0.2) is 42.5 Å². The molecular formula is C16H18ClN. The molecule has 0 saturated carbocycles. The summed E-state index contributed by atoms with van der Waals surface area (Å²) in [5.74, 6) is 0. The van der Waals surface area contributed by atoms with Crippen molar-refractivity contribution in [1.82, 2.24) is 0 Å². The van der Waals surface area contributed by atoms with Gasteiger partial charge in [-0.05, 0) is 54.7 Å². The van der Waals surface area contributed by atoms with Crippen LogP contribution >= 0.6 is 11.6 Å². The molecular weight excluding hydrogens is 242 g/mol. The average Bonchev–Trinajstić information content (AvgIpc) is 2.35. The molecule has 1 unspecified atom stereocenters. The van der Waals surface area contributed by atoms with E-state index in [0.29, 0.717) is 0 Å². The minimum absolute atomic E-state index is 0.0328. The van der Waals surface area contributed by atoms with Crippen molar-refractivity contribution in [2.45, 2.75) is 26.3 Å². The zero-order valence-electron chi connectivity index (χ0n) is 10.8. The predicted octanol–water partition coefficient (Wildman–Crippen LogP) is 4.20. The van der Waals surface area contributed by atoms with Crippen molar-refractivity contribution in [2.24, 2.45) is 5.73 Å². The van der Waals surface area contributed by atoms with Gasteiger partial charge in [-0.3, -0.25) is 0 Å². The molecule has 0 amide bonds. The van der Waals surface area contributed by atoms with Gasteiger partial charge in [0, 0.05) is 11.1 Å². The van der Waals surface area contributed by atoms with Crippen LogP contribution in [-0.2, 0) is 6.42 Å². The first-order valence-corrected chi connectivity index (χ1v) is 6.51. The summed E-state index contributed by atoms with van der Waals surface area (Å²) >= 11 is 5.87. The molecule has 0 saturated heterocycles. The maximum atomic E-state index is 6.25. The molecule has 1 nitrogen and oxygen atoms in total. The molecule has 0 bridgehead atoms. The van der Waals surface area contributed by atoms with Gasteiger partial charge in [0.15, 0.2) is 0 Å². The Hall–Kier alpha value is -1.31. The van der Waals surface area contributed by atoms with E-state index in [4.69, 9.17) is 17.3 Å². The highest BCUT2D eigenvalue weighted by Gasteiger charge is 2.08. The molecule has 2 aromatic rings. The largest absolute Gasteiger partial charge is 0.324 e. The molecule has 18 heavy (non-hydrogen) atoms. The fourth-order valence-electron chi connectivity index (χ4n) is 1.99. The lowest BCUT2D eigenvalue weighted by Crippen LogP contribution is -2.13. The lowest BCUT2D eigenvalue weighted by atomic mass is 9.97. The highest BCUT2D eigenvalue weighted by Crippen LogP contribution is 2.20. The first-order valence-electron chi connectivity index (χ1n) is 6.13. The van der Waals surface area contributed by atoms with Crippen molar-refractivity contribution in [3.05, 3.63) is 69.7 Å². The van der Waals surface area contributed by atoms with Gasteiger partial charge in [-0.15, -0.1) is 0 Å². The van der Waals surface area contributed by atoms with Crippen molar-refractivity contribution in [1.29, 1.82) is 0 Å². The highest BCUT2D eigenvalue weighted by atomic mass is 35.5. The lowest BCUT2D eigenvalue weighted by molar-refractivity contribution is 0.721. The molecule has 2 rings (SSSR count). The van der Waals surface area contributed by atoms with Gasteiger partial charge in [-0.25, -0.2) is 0 Å². The maximum absolute atomic E-state index is 6.25. The van der Waals surface area contributed by atoms with Crippen molar-refractivity contribution in [3.8, 4) is 0 Å². The van der Waals surface area contributed by atoms with E-state index in [1.165, 1.54) is 22.3 Å². The molecule has 0 aliphatic heterocycles. The molecule has 1 atom stereocenters. The molecule has 0 radical (unpaired) electrons. The number of benzene rings is 2. The predicted molar refractivity (Wildman–Crippen MR) is 78.0 cm³/mol. The summed E-state index contributed by atoms with van der Waals surface area (Å²) in [4.78, 5) is 0. The SMILES string of the molecule is Cc1ccc(C(N)Cc2ccc(Cl)cc2)cc1C. The van der Waals surface area contributed by atoms with Crippen molar-refractivity contribution >= 4 is 11.6 Å². The quantitative estimate of drug-likeness (QED) is 0.878. The number of rotatable bonds is 3. The number of aryl methyl sites for hydroxylation is 2. The first kappa shape index (κ1) is 13.1. The third-order valence-corrected chi connectivity index (χ3v) is 3.58. The molecule has 0 spiro atoms. The summed E-state index contributed by atoms with van der Waals surface area (Å²) in [6.45, 7) is 4.23. The topological polar surface area (TPSA) is 26.0 Å². The molecule has 0 aliphatic rings. The van der Waals surface area contributed by atoms with Crippen LogP contribution in [0.5, 0.6) is 0 Å². The van der Waals surface area contributed by atoms with Crippen LogP contribution in [0.1, 0.15) is 28.3 Å². The van der Waals surface area contributed by atoms with Crippen molar-refractivity contribution in [2.75, 3.05) is 0 Å². The van der Waals surface area contributed by atoms with E-state index in [2.05, 4.69) is 32.0 Å². The zero-order valence-corrected chi connectivity index (χ0v) is 11.5. The normalized spacial score (nSPS) is 12.4. The van der Waals surface area contributed by atoms with Crippen LogP contribution in [0.4, 0.5) is 0 Å². The Labute approximate surface area is 114 Å². The molecule has 0 aromatic heterocycles. The molecule has 2 heteroatoms. The van der Waals surface area contributed by atoms with Crippen LogP contribution in [0, 0.1) is 13.8 Å². The van der Waals surface area contributed by atoms with Gasteiger partial charge in [0.05, 0.1) is 0 Å². The fraction of sp³-hybridized carbons (Fsp3) is 0.250. The molecule has 0 fully saturated rings. The molecule has 94 valence electrons. The van der Waals surface area contributed by atoms with Gasteiger partial charge in [0.1, 0.15) is 0 Å². The van der Waals surface area contributed by atoms with Crippen LogP contribution < -0.4 is 5.73 Å². The fourth-order valence-corrected chi connectivity index (χ4v) is 2.11. The smallest absolute Gasteiger partial charge is 0.0406 e. The third kappa shape index (κ3) is 3.12. The van der Waals surface area contributed by atoms with E-state index in [9.17, 15) is 0 Å². The lowest BCUT2D eigenvalue weighted by Gasteiger charge is -2.14. The van der Waals surface area contributed by atoms with Crippen LogP contribution in [0.3, 0.4) is 0 Å². The Morgan fingerprint density at radius 2 is 1.67 bits per heavy atom. The summed E-state index contributed by atoms with van der Waals surface area (Å²) in [6.07, 6.45) is 0.833. The summed E-state index contributed by atoms with van der Waals surface area (Å²) in [7, 11) is 0. The first-order chi connectivity index (χ1) is 8.56. The Morgan fingerprint density at radius 1 is 1.00 bits per heavy atom. The summed E-state index contributed by atoms with van der Waals surface area (Å²) in [6, 6.07) is 14.3. The monoisotopic (exact) mass is 259 g/mol. The van der Waals surface area contributed by atoms with Crippen molar-refractivity contribution < 1.29 is 0 Å². The second-order valence-electron chi connectivity index (χ2n) is 4.78.